The molecule has 3 rings (SSSR count). The number of hydrogen-bond acceptors (Lipinski definition) is 4. The van der Waals surface area contributed by atoms with Crippen LogP contribution in [0.15, 0.2) is 22.9 Å². The van der Waals surface area contributed by atoms with E-state index in [1.807, 2.05) is 0 Å². The maximum absolute atomic E-state index is 4.73. The summed E-state index contributed by atoms with van der Waals surface area (Å²) in [5.74, 6) is 0. The molecule has 2 nitrogen and oxygen atoms in total. The third-order valence-corrected chi connectivity index (χ3v) is 4.69. The average molecular weight is 250 g/mol. The SMILES string of the molecule is c1csc(-c2csc(N3CCCCC3)n2)c1. The summed E-state index contributed by atoms with van der Waals surface area (Å²) in [7, 11) is 0. The van der Waals surface area contributed by atoms with Crippen LogP contribution >= 0.6 is 22.7 Å². The molecule has 0 unspecified atom stereocenters. The molecule has 0 amide bonds. The largest absolute Gasteiger partial charge is 0.348 e. The van der Waals surface area contributed by atoms with E-state index in [0.717, 1.165) is 5.69 Å². The van der Waals surface area contributed by atoms with Crippen LogP contribution in [0.4, 0.5) is 5.13 Å². The molecule has 1 aliphatic heterocycles. The molecular formula is C12H14N2S2. The lowest BCUT2D eigenvalue weighted by Crippen LogP contribution is -2.29. The lowest BCUT2D eigenvalue weighted by molar-refractivity contribution is 0.577. The zero-order valence-electron chi connectivity index (χ0n) is 9.06. The first kappa shape index (κ1) is 10.3. The van der Waals surface area contributed by atoms with Crippen LogP contribution in [0.5, 0.6) is 0 Å². The lowest BCUT2D eigenvalue weighted by atomic mass is 10.1. The van der Waals surface area contributed by atoms with E-state index in [1.165, 1.54) is 42.4 Å². The molecule has 0 spiro atoms. The van der Waals surface area contributed by atoms with Crippen molar-refractivity contribution in [1.82, 2.24) is 4.98 Å². The molecule has 1 fully saturated rings. The van der Waals surface area contributed by atoms with Crippen LogP contribution in [0, 0.1) is 0 Å². The van der Waals surface area contributed by atoms with Gasteiger partial charge >= 0.3 is 0 Å². The Morgan fingerprint density at radius 2 is 2.00 bits per heavy atom. The molecule has 0 atom stereocenters. The number of aromatic nitrogens is 1. The van der Waals surface area contributed by atoms with E-state index in [4.69, 9.17) is 4.98 Å². The number of anilines is 1. The fraction of sp³-hybridized carbons (Fsp3) is 0.417. The minimum atomic E-state index is 1.14. The number of hydrogen-bond donors (Lipinski definition) is 0. The Bertz CT molecular complexity index is 441. The minimum absolute atomic E-state index is 1.14. The van der Waals surface area contributed by atoms with Crippen LogP contribution in [-0.2, 0) is 0 Å². The summed E-state index contributed by atoms with van der Waals surface area (Å²) in [6.07, 6.45) is 4.00. The van der Waals surface area contributed by atoms with E-state index in [-0.39, 0.29) is 0 Å². The second-order valence-electron chi connectivity index (χ2n) is 4.04. The van der Waals surface area contributed by atoms with Gasteiger partial charge in [-0.2, -0.15) is 0 Å². The summed E-state index contributed by atoms with van der Waals surface area (Å²) in [5, 5.41) is 5.48. The van der Waals surface area contributed by atoms with Crippen LogP contribution in [0.25, 0.3) is 10.6 Å². The predicted octanol–water partition coefficient (Wildman–Crippen LogP) is 3.86. The highest BCUT2D eigenvalue weighted by atomic mass is 32.1. The zero-order chi connectivity index (χ0) is 10.8. The molecule has 0 radical (unpaired) electrons. The molecule has 4 heteroatoms. The normalized spacial score (nSPS) is 16.6. The quantitative estimate of drug-likeness (QED) is 0.804. The standard InChI is InChI=1S/C12H14N2S2/c1-2-6-14(7-3-1)12-13-10(9-16-12)11-5-4-8-15-11/h4-5,8-9H,1-3,6-7H2. The van der Waals surface area contributed by atoms with Gasteiger partial charge in [-0.05, 0) is 30.7 Å². The maximum Gasteiger partial charge on any atom is 0.185 e. The fourth-order valence-corrected chi connectivity index (χ4v) is 3.67. The van der Waals surface area contributed by atoms with Crippen molar-refractivity contribution in [3.8, 4) is 10.6 Å². The first-order chi connectivity index (χ1) is 7.93. The van der Waals surface area contributed by atoms with Crippen molar-refractivity contribution in [2.45, 2.75) is 19.3 Å². The Morgan fingerprint density at radius 3 is 2.75 bits per heavy atom. The topological polar surface area (TPSA) is 16.1 Å². The Hall–Kier alpha value is -0.870. The predicted molar refractivity (Wildman–Crippen MR) is 71.5 cm³/mol. The van der Waals surface area contributed by atoms with Crippen molar-refractivity contribution < 1.29 is 0 Å². The highest BCUT2D eigenvalue weighted by molar-refractivity contribution is 7.16. The summed E-state index contributed by atoms with van der Waals surface area (Å²) in [6, 6.07) is 4.22. The minimum Gasteiger partial charge on any atom is -0.348 e. The fourth-order valence-electron chi connectivity index (χ4n) is 2.03. The van der Waals surface area contributed by atoms with Crippen LogP contribution in [0.3, 0.4) is 0 Å². The first-order valence-electron chi connectivity index (χ1n) is 5.68. The van der Waals surface area contributed by atoms with Crippen LogP contribution in [0.1, 0.15) is 19.3 Å². The molecule has 0 aromatic carbocycles. The van der Waals surface area contributed by atoms with Gasteiger partial charge in [0.2, 0.25) is 0 Å². The lowest BCUT2D eigenvalue weighted by Gasteiger charge is -2.25. The monoisotopic (exact) mass is 250 g/mol. The molecule has 3 heterocycles. The van der Waals surface area contributed by atoms with E-state index in [9.17, 15) is 0 Å². The summed E-state index contributed by atoms with van der Waals surface area (Å²) >= 11 is 3.54. The third-order valence-electron chi connectivity index (χ3n) is 2.89. The van der Waals surface area contributed by atoms with Crippen molar-refractivity contribution in [3.63, 3.8) is 0 Å². The second kappa shape index (κ2) is 4.55. The smallest absolute Gasteiger partial charge is 0.185 e. The highest BCUT2D eigenvalue weighted by Gasteiger charge is 2.14. The van der Waals surface area contributed by atoms with Crippen molar-refractivity contribution >= 4 is 27.8 Å². The molecular weight excluding hydrogens is 236 g/mol. The van der Waals surface area contributed by atoms with Gasteiger partial charge in [-0.15, -0.1) is 22.7 Å². The van der Waals surface area contributed by atoms with Crippen LogP contribution < -0.4 is 4.90 Å². The zero-order valence-corrected chi connectivity index (χ0v) is 10.7. The third kappa shape index (κ3) is 1.99. The number of piperidine rings is 1. The summed E-state index contributed by atoms with van der Waals surface area (Å²) in [6.45, 7) is 2.36. The van der Waals surface area contributed by atoms with Gasteiger partial charge in [0, 0.05) is 18.5 Å². The Labute approximate surface area is 104 Å². The second-order valence-corrected chi connectivity index (χ2v) is 5.82. The van der Waals surface area contributed by atoms with Gasteiger partial charge in [0.05, 0.1) is 10.6 Å². The highest BCUT2D eigenvalue weighted by Crippen LogP contribution is 2.31. The molecule has 16 heavy (non-hydrogen) atoms. The summed E-state index contributed by atoms with van der Waals surface area (Å²) in [5.41, 5.74) is 1.14. The molecule has 1 saturated heterocycles. The molecule has 0 bridgehead atoms. The molecule has 1 aliphatic rings. The van der Waals surface area contributed by atoms with Crippen LogP contribution in [-0.4, -0.2) is 18.1 Å². The van der Waals surface area contributed by atoms with Gasteiger partial charge in [-0.3, -0.25) is 0 Å². The van der Waals surface area contributed by atoms with E-state index in [0.29, 0.717) is 0 Å². The van der Waals surface area contributed by atoms with Gasteiger partial charge in [0.1, 0.15) is 0 Å². The van der Waals surface area contributed by atoms with Crippen LogP contribution in [0.2, 0.25) is 0 Å². The van der Waals surface area contributed by atoms with E-state index < -0.39 is 0 Å². The van der Waals surface area contributed by atoms with E-state index in [1.54, 1.807) is 22.7 Å². The molecule has 0 N–H and O–H groups in total. The summed E-state index contributed by atoms with van der Waals surface area (Å²) in [4.78, 5) is 8.43. The molecule has 2 aromatic rings. The number of thiophene rings is 1. The number of nitrogens with zero attached hydrogens (tertiary/aromatic N) is 2. The van der Waals surface area contributed by atoms with Crippen molar-refractivity contribution in [2.24, 2.45) is 0 Å². The number of rotatable bonds is 2. The molecule has 84 valence electrons. The van der Waals surface area contributed by atoms with Crippen molar-refractivity contribution in [1.29, 1.82) is 0 Å². The van der Waals surface area contributed by atoms with E-state index >= 15 is 0 Å². The number of thiazole rings is 1. The van der Waals surface area contributed by atoms with Crippen molar-refractivity contribution in [3.05, 3.63) is 22.9 Å². The Morgan fingerprint density at radius 1 is 1.12 bits per heavy atom. The van der Waals surface area contributed by atoms with E-state index in [2.05, 4.69) is 27.8 Å². The Kier molecular flexibility index (Phi) is 2.93. The first-order valence-corrected chi connectivity index (χ1v) is 7.44. The summed E-state index contributed by atoms with van der Waals surface area (Å²) < 4.78 is 0. The molecule has 0 saturated carbocycles. The molecule has 0 aliphatic carbocycles. The maximum atomic E-state index is 4.73. The van der Waals surface area contributed by atoms with Gasteiger partial charge in [0.15, 0.2) is 5.13 Å². The van der Waals surface area contributed by atoms with Gasteiger partial charge in [0.25, 0.3) is 0 Å². The van der Waals surface area contributed by atoms with Crippen molar-refractivity contribution in [2.75, 3.05) is 18.0 Å². The average Bonchev–Trinajstić information content (AvgIpc) is 3.01. The molecule has 2 aromatic heterocycles. The van der Waals surface area contributed by atoms with Gasteiger partial charge in [-0.25, -0.2) is 4.98 Å². The van der Waals surface area contributed by atoms with Gasteiger partial charge < -0.3 is 4.90 Å². The Balaban J connectivity index is 1.82. The van der Waals surface area contributed by atoms with Gasteiger partial charge in [-0.1, -0.05) is 6.07 Å².